The second-order valence-corrected chi connectivity index (χ2v) is 7.17. The molecule has 0 amide bonds. The molecule has 118 valence electrons. The number of nitro groups is 1. The van der Waals surface area contributed by atoms with E-state index in [1.54, 1.807) is 0 Å². The van der Waals surface area contributed by atoms with Gasteiger partial charge in [0.25, 0.3) is 5.69 Å². The van der Waals surface area contributed by atoms with Crippen LogP contribution < -0.4 is 0 Å². The Bertz CT molecular complexity index is 606. The van der Waals surface area contributed by atoms with Gasteiger partial charge in [-0.1, -0.05) is 29.3 Å². The molecule has 0 aromatic heterocycles. The van der Waals surface area contributed by atoms with Crippen molar-refractivity contribution in [2.24, 2.45) is 0 Å². The molecule has 1 aromatic rings. The van der Waals surface area contributed by atoms with Crippen LogP contribution in [0.15, 0.2) is 27.6 Å². The molecule has 21 heavy (non-hydrogen) atoms. The second-order valence-electron chi connectivity index (χ2n) is 4.35. The number of unbranched alkanes of at least 4 members (excludes halogenated alkanes) is 1. The molecule has 1 rings (SSSR count). The van der Waals surface area contributed by atoms with E-state index >= 15 is 0 Å². The molecule has 0 aliphatic rings. The molecule has 9 heteroatoms. The Labute approximate surface area is 131 Å². The molecule has 0 aliphatic heterocycles. The molecule has 0 saturated heterocycles. The summed E-state index contributed by atoms with van der Waals surface area (Å²) in [5.74, 6) is 0. The van der Waals surface area contributed by atoms with Crippen molar-refractivity contribution in [3.63, 3.8) is 0 Å². The first-order valence-corrected chi connectivity index (χ1v) is 8.62. The number of benzene rings is 1. The Morgan fingerprint density at radius 2 is 2.05 bits per heavy atom. The van der Waals surface area contributed by atoms with E-state index in [1.165, 1.54) is 12.1 Å². The third-order valence-corrected chi connectivity index (χ3v) is 5.27. The SMILES string of the molecule is CCCCN(CCO)S(=O)(=O)c1cc(Br)ccc1[N+](=O)[O-]. The van der Waals surface area contributed by atoms with Gasteiger partial charge in [-0.05, 0) is 18.6 Å². The summed E-state index contributed by atoms with van der Waals surface area (Å²) >= 11 is 3.12. The molecule has 0 fully saturated rings. The maximum Gasteiger partial charge on any atom is 0.289 e. The minimum Gasteiger partial charge on any atom is -0.395 e. The van der Waals surface area contributed by atoms with Gasteiger partial charge in [0.1, 0.15) is 0 Å². The van der Waals surface area contributed by atoms with Crippen molar-refractivity contribution >= 4 is 31.6 Å². The average molecular weight is 381 g/mol. The van der Waals surface area contributed by atoms with Gasteiger partial charge in [0.05, 0.1) is 11.5 Å². The minimum atomic E-state index is -4.03. The number of nitrogens with zero attached hydrogens (tertiary/aromatic N) is 2. The summed E-state index contributed by atoms with van der Waals surface area (Å²) in [6, 6.07) is 3.78. The molecule has 7 nitrogen and oxygen atoms in total. The predicted molar refractivity (Wildman–Crippen MR) is 81.5 cm³/mol. The van der Waals surface area contributed by atoms with Crippen LogP contribution in [0, 0.1) is 10.1 Å². The van der Waals surface area contributed by atoms with Crippen molar-refractivity contribution in [2.45, 2.75) is 24.7 Å². The number of hydrogen-bond donors (Lipinski definition) is 1. The highest BCUT2D eigenvalue weighted by Gasteiger charge is 2.31. The maximum absolute atomic E-state index is 12.6. The van der Waals surface area contributed by atoms with E-state index in [2.05, 4.69) is 15.9 Å². The van der Waals surface area contributed by atoms with Gasteiger partial charge >= 0.3 is 0 Å². The van der Waals surface area contributed by atoms with Gasteiger partial charge in [-0.2, -0.15) is 4.31 Å². The number of halogens is 1. The lowest BCUT2D eigenvalue weighted by Crippen LogP contribution is -2.34. The molecule has 0 heterocycles. The Morgan fingerprint density at radius 1 is 1.38 bits per heavy atom. The average Bonchev–Trinajstić information content (AvgIpc) is 2.42. The molecule has 0 bridgehead atoms. The van der Waals surface area contributed by atoms with Gasteiger partial charge in [-0.3, -0.25) is 10.1 Å². The van der Waals surface area contributed by atoms with E-state index in [-0.39, 0.29) is 24.6 Å². The normalized spacial score (nSPS) is 11.8. The zero-order valence-electron chi connectivity index (χ0n) is 11.5. The van der Waals surface area contributed by atoms with Gasteiger partial charge in [-0.15, -0.1) is 0 Å². The van der Waals surface area contributed by atoms with Gasteiger partial charge in [0.15, 0.2) is 4.90 Å². The van der Waals surface area contributed by atoms with Crippen LogP contribution in [0.3, 0.4) is 0 Å². The van der Waals surface area contributed by atoms with Gasteiger partial charge in [0, 0.05) is 23.6 Å². The fraction of sp³-hybridized carbons (Fsp3) is 0.500. The first kappa shape index (κ1) is 18.0. The summed E-state index contributed by atoms with van der Waals surface area (Å²) < 4.78 is 26.7. The highest BCUT2D eigenvalue weighted by Crippen LogP contribution is 2.29. The fourth-order valence-corrected chi connectivity index (χ4v) is 3.95. The number of nitro benzene ring substituents is 1. The molecule has 1 N–H and O–H groups in total. The number of sulfonamides is 1. The van der Waals surface area contributed by atoms with E-state index in [0.29, 0.717) is 10.9 Å². The number of aliphatic hydroxyl groups is 1. The molecule has 0 atom stereocenters. The predicted octanol–water partition coefficient (Wildman–Crippen LogP) is 2.14. The van der Waals surface area contributed by atoms with Crippen molar-refractivity contribution < 1.29 is 18.4 Å². The van der Waals surface area contributed by atoms with Crippen LogP contribution in [0.2, 0.25) is 0 Å². The lowest BCUT2D eigenvalue weighted by atomic mass is 10.3. The van der Waals surface area contributed by atoms with E-state index in [9.17, 15) is 18.5 Å². The first-order chi connectivity index (χ1) is 9.84. The fourth-order valence-electron chi connectivity index (χ4n) is 1.78. The monoisotopic (exact) mass is 380 g/mol. The van der Waals surface area contributed by atoms with Crippen LogP contribution in [-0.2, 0) is 10.0 Å². The Hall–Kier alpha value is -1.03. The van der Waals surface area contributed by atoms with Crippen LogP contribution in [0.4, 0.5) is 5.69 Å². The lowest BCUT2D eigenvalue weighted by Gasteiger charge is -2.21. The van der Waals surface area contributed by atoms with E-state index in [4.69, 9.17) is 5.11 Å². The summed E-state index contributed by atoms with van der Waals surface area (Å²) in [6.45, 7) is 1.69. The van der Waals surface area contributed by atoms with Gasteiger partial charge in [-0.25, -0.2) is 8.42 Å². The van der Waals surface area contributed by atoms with Crippen LogP contribution in [0.25, 0.3) is 0 Å². The Balaban J connectivity index is 3.32. The molecular formula is C12H17BrN2O5S. The van der Waals surface area contributed by atoms with Crippen molar-refractivity contribution in [1.29, 1.82) is 0 Å². The third kappa shape index (κ3) is 4.47. The van der Waals surface area contributed by atoms with Crippen molar-refractivity contribution in [3.8, 4) is 0 Å². The van der Waals surface area contributed by atoms with E-state index < -0.39 is 20.6 Å². The van der Waals surface area contributed by atoms with E-state index in [0.717, 1.165) is 16.8 Å². The zero-order chi connectivity index (χ0) is 16.0. The van der Waals surface area contributed by atoms with Gasteiger partial charge in [0.2, 0.25) is 10.0 Å². The molecule has 0 spiro atoms. The quantitative estimate of drug-likeness (QED) is 0.549. The van der Waals surface area contributed by atoms with Crippen molar-refractivity contribution in [3.05, 3.63) is 32.8 Å². The Kier molecular flexibility index (Phi) is 6.72. The summed E-state index contributed by atoms with van der Waals surface area (Å²) in [4.78, 5) is 9.94. The molecule has 0 saturated carbocycles. The van der Waals surface area contributed by atoms with Crippen LogP contribution >= 0.6 is 15.9 Å². The standard InChI is InChI=1S/C12H17BrN2O5S/c1-2-3-6-14(7-8-16)21(19,20)12-9-10(13)4-5-11(12)15(17)18/h4-5,9,16H,2-3,6-8H2,1H3. The number of aliphatic hydroxyl groups excluding tert-OH is 1. The second kappa shape index (κ2) is 7.83. The van der Waals surface area contributed by atoms with E-state index in [1.807, 2.05) is 6.92 Å². The molecular weight excluding hydrogens is 364 g/mol. The minimum absolute atomic E-state index is 0.0913. The molecule has 0 aliphatic carbocycles. The number of hydrogen-bond acceptors (Lipinski definition) is 5. The summed E-state index contributed by atoms with van der Waals surface area (Å²) in [6.07, 6.45) is 1.39. The van der Waals surface area contributed by atoms with Crippen LogP contribution in [0.1, 0.15) is 19.8 Å². The first-order valence-electron chi connectivity index (χ1n) is 6.39. The van der Waals surface area contributed by atoms with Crippen molar-refractivity contribution in [2.75, 3.05) is 19.7 Å². The highest BCUT2D eigenvalue weighted by molar-refractivity contribution is 9.10. The summed E-state index contributed by atoms with van der Waals surface area (Å²) in [5.41, 5.74) is -0.474. The smallest absolute Gasteiger partial charge is 0.289 e. The molecule has 0 unspecified atom stereocenters. The zero-order valence-corrected chi connectivity index (χ0v) is 13.9. The third-order valence-electron chi connectivity index (χ3n) is 2.85. The maximum atomic E-state index is 12.6. The molecule has 1 aromatic carbocycles. The highest BCUT2D eigenvalue weighted by atomic mass is 79.9. The summed E-state index contributed by atoms with van der Waals surface area (Å²) in [7, 11) is -4.03. The van der Waals surface area contributed by atoms with Crippen molar-refractivity contribution in [1.82, 2.24) is 4.31 Å². The number of rotatable bonds is 8. The van der Waals surface area contributed by atoms with Crippen LogP contribution in [0.5, 0.6) is 0 Å². The lowest BCUT2D eigenvalue weighted by molar-refractivity contribution is -0.387. The largest absolute Gasteiger partial charge is 0.395 e. The van der Waals surface area contributed by atoms with Crippen LogP contribution in [-0.4, -0.2) is 42.4 Å². The summed E-state index contributed by atoms with van der Waals surface area (Å²) in [5, 5.41) is 20.1. The Morgan fingerprint density at radius 3 is 2.57 bits per heavy atom. The topological polar surface area (TPSA) is 101 Å². The molecule has 0 radical (unpaired) electrons. The van der Waals surface area contributed by atoms with Gasteiger partial charge < -0.3 is 5.11 Å².